The number of rotatable bonds is 8. The molecule has 1 heterocycles. The van der Waals surface area contributed by atoms with Crippen LogP contribution in [0.15, 0.2) is 0 Å². The monoisotopic (exact) mass is 271 g/mol. The second-order valence-corrected chi connectivity index (χ2v) is 5.08. The Bertz CT molecular complexity index is 308. The van der Waals surface area contributed by atoms with Gasteiger partial charge in [-0.3, -0.25) is 9.59 Å². The Morgan fingerprint density at radius 1 is 1.53 bits per heavy atom. The quantitative estimate of drug-likeness (QED) is 0.597. The van der Waals surface area contributed by atoms with Crippen molar-refractivity contribution in [3.05, 3.63) is 0 Å². The SMILES string of the molecule is COCCNC(=O)CCN1CCC(NC(C)C)C1=O. The number of carbonyl (C=O) groups excluding carboxylic acids is 2. The Hall–Kier alpha value is -1.14. The molecule has 0 aromatic carbocycles. The van der Waals surface area contributed by atoms with Crippen LogP contribution in [0.1, 0.15) is 26.7 Å². The van der Waals surface area contributed by atoms with Crippen LogP contribution in [0.5, 0.6) is 0 Å². The fourth-order valence-corrected chi connectivity index (χ4v) is 2.14. The first-order valence-corrected chi connectivity index (χ1v) is 6.85. The zero-order chi connectivity index (χ0) is 14.3. The molecule has 1 aliphatic heterocycles. The van der Waals surface area contributed by atoms with E-state index in [9.17, 15) is 9.59 Å². The Kier molecular flexibility index (Phi) is 6.80. The molecule has 2 amide bonds. The highest BCUT2D eigenvalue weighted by molar-refractivity contribution is 5.84. The molecule has 2 N–H and O–H groups in total. The number of methoxy groups -OCH3 is 1. The van der Waals surface area contributed by atoms with Gasteiger partial charge in [0.2, 0.25) is 11.8 Å². The van der Waals surface area contributed by atoms with E-state index in [1.54, 1.807) is 12.0 Å². The molecule has 0 aliphatic carbocycles. The minimum Gasteiger partial charge on any atom is -0.383 e. The van der Waals surface area contributed by atoms with Crippen LogP contribution in [0, 0.1) is 0 Å². The molecular formula is C13H25N3O3. The van der Waals surface area contributed by atoms with Crippen LogP contribution in [0.3, 0.4) is 0 Å². The molecule has 6 nitrogen and oxygen atoms in total. The van der Waals surface area contributed by atoms with Crippen LogP contribution >= 0.6 is 0 Å². The number of ether oxygens (including phenoxy) is 1. The van der Waals surface area contributed by atoms with Crippen molar-refractivity contribution in [3.63, 3.8) is 0 Å². The first-order valence-electron chi connectivity index (χ1n) is 6.85. The maximum atomic E-state index is 12.0. The van der Waals surface area contributed by atoms with Crippen molar-refractivity contribution in [2.24, 2.45) is 0 Å². The highest BCUT2D eigenvalue weighted by atomic mass is 16.5. The molecule has 0 bridgehead atoms. The fourth-order valence-electron chi connectivity index (χ4n) is 2.14. The number of nitrogens with zero attached hydrogens (tertiary/aromatic N) is 1. The van der Waals surface area contributed by atoms with Crippen LogP contribution in [-0.4, -0.2) is 62.1 Å². The summed E-state index contributed by atoms with van der Waals surface area (Å²) in [5, 5.41) is 5.99. The number of hydrogen-bond donors (Lipinski definition) is 2. The van der Waals surface area contributed by atoms with Gasteiger partial charge in [0.05, 0.1) is 12.6 Å². The van der Waals surface area contributed by atoms with E-state index in [2.05, 4.69) is 10.6 Å². The fraction of sp³-hybridized carbons (Fsp3) is 0.846. The van der Waals surface area contributed by atoms with Crippen molar-refractivity contribution in [1.29, 1.82) is 0 Å². The molecule has 1 rings (SSSR count). The maximum Gasteiger partial charge on any atom is 0.239 e. The summed E-state index contributed by atoms with van der Waals surface area (Å²) in [5.74, 6) is 0.0727. The summed E-state index contributed by atoms with van der Waals surface area (Å²) in [4.78, 5) is 25.3. The lowest BCUT2D eigenvalue weighted by Gasteiger charge is -2.18. The molecule has 1 saturated heterocycles. The highest BCUT2D eigenvalue weighted by Crippen LogP contribution is 2.12. The molecular weight excluding hydrogens is 246 g/mol. The molecule has 1 unspecified atom stereocenters. The lowest BCUT2D eigenvalue weighted by molar-refractivity contribution is -0.130. The summed E-state index contributed by atoms with van der Waals surface area (Å²) in [5.41, 5.74) is 0. The van der Waals surface area contributed by atoms with Gasteiger partial charge in [-0.1, -0.05) is 13.8 Å². The molecule has 1 fully saturated rings. The average Bonchev–Trinajstić information content (AvgIpc) is 2.68. The molecule has 0 aromatic rings. The van der Waals surface area contributed by atoms with Crippen molar-refractivity contribution < 1.29 is 14.3 Å². The van der Waals surface area contributed by atoms with Crippen molar-refractivity contribution in [3.8, 4) is 0 Å². The van der Waals surface area contributed by atoms with E-state index < -0.39 is 0 Å². The molecule has 1 atom stereocenters. The normalized spacial score (nSPS) is 19.3. The van der Waals surface area contributed by atoms with Gasteiger partial charge in [-0.15, -0.1) is 0 Å². The lowest BCUT2D eigenvalue weighted by Crippen LogP contribution is -2.42. The third kappa shape index (κ3) is 5.57. The van der Waals surface area contributed by atoms with E-state index in [4.69, 9.17) is 4.74 Å². The highest BCUT2D eigenvalue weighted by Gasteiger charge is 2.31. The van der Waals surface area contributed by atoms with Crippen LogP contribution in [0.4, 0.5) is 0 Å². The number of likely N-dealkylation sites (tertiary alicyclic amines) is 1. The molecule has 0 aromatic heterocycles. The minimum atomic E-state index is -0.0865. The standard InChI is InChI=1S/C13H25N3O3/c1-10(2)15-11-4-7-16(13(11)18)8-5-12(17)14-6-9-19-3/h10-11,15H,4-9H2,1-3H3,(H,14,17). The molecule has 110 valence electrons. The number of carbonyl (C=O) groups is 2. The Morgan fingerprint density at radius 3 is 2.89 bits per heavy atom. The summed E-state index contributed by atoms with van der Waals surface area (Å²) in [6.45, 7) is 6.30. The van der Waals surface area contributed by atoms with Crippen LogP contribution in [0.2, 0.25) is 0 Å². The Labute approximate surface area is 114 Å². The van der Waals surface area contributed by atoms with Gasteiger partial charge in [0.15, 0.2) is 0 Å². The van der Waals surface area contributed by atoms with Crippen LogP contribution < -0.4 is 10.6 Å². The topological polar surface area (TPSA) is 70.7 Å². The van der Waals surface area contributed by atoms with Crippen LogP contribution in [0.25, 0.3) is 0 Å². The predicted octanol–water partition coefficient (Wildman–Crippen LogP) is -0.262. The number of hydrogen-bond acceptors (Lipinski definition) is 4. The first kappa shape index (κ1) is 15.9. The van der Waals surface area contributed by atoms with Crippen molar-refractivity contribution in [1.82, 2.24) is 15.5 Å². The van der Waals surface area contributed by atoms with E-state index in [0.717, 1.165) is 13.0 Å². The van der Waals surface area contributed by atoms with Gasteiger partial charge in [0.25, 0.3) is 0 Å². The van der Waals surface area contributed by atoms with E-state index in [1.165, 1.54) is 0 Å². The second kappa shape index (κ2) is 8.12. The molecule has 0 radical (unpaired) electrons. The van der Waals surface area contributed by atoms with Gasteiger partial charge in [-0.05, 0) is 6.42 Å². The van der Waals surface area contributed by atoms with Gasteiger partial charge in [-0.2, -0.15) is 0 Å². The largest absolute Gasteiger partial charge is 0.383 e. The van der Waals surface area contributed by atoms with Gasteiger partial charge >= 0.3 is 0 Å². The van der Waals surface area contributed by atoms with Crippen LogP contribution in [-0.2, 0) is 14.3 Å². The zero-order valence-corrected chi connectivity index (χ0v) is 12.1. The van der Waals surface area contributed by atoms with E-state index in [0.29, 0.717) is 32.2 Å². The molecule has 0 spiro atoms. The van der Waals surface area contributed by atoms with Crippen molar-refractivity contribution >= 4 is 11.8 Å². The second-order valence-electron chi connectivity index (χ2n) is 5.08. The average molecular weight is 271 g/mol. The van der Waals surface area contributed by atoms with Crippen molar-refractivity contribution in [2.75, 3.05) is 33.4 Å². The van der Waals surface area contributed by atoms with Gasteiger partial charge in [0.1, 0.15) is 0 Å². The lowest BCUT2D eigenvalue weighted by atomic mass is 10.2. The van der Waals surface area contributed by atoms with E-state index in [1.807, 2.05) is 13.8 Å². The van der Waals surface area contributed by atoms with Gasteiger partial charge in [-0.25, -0.2) is 0 Å². The summed E-state index contributed by atoms with van der Waals surface area (Å²) in [6, 6.07) is 0.211. The third-order valence-electron chi connectivity index (χ3n) is 3.07. The number of nitrogens with one attached hydrogen (secondary N) is 2. The van der Waals surface area contributed by atoms with E-state index >= 15 is 0 Å². The molecule has 6 heteroatoms. The molecule has 1 aliphatic rings. The Balaban J connectivity index is 2.23. The van der Waals surface area contributed by atoms with Crippen molar-refractivity contribution in [2.45, 2.75) is 38.8 Å². The summed E-state index contributed by atoms with van der Waals surface area (Å²) in [7, 11) is 1.59. The summed E-state index contributed by atoms with van der Waals surface area (Å²) in [6.07, 6.45) is 1.17. The third-order valence-corrected chi connectivity index (χ3v) is 3.07. The predicted molar refractivity (Wildman–Crippen MR) is 72.8 cm³/mol. The van der Waals surface area contributed by atoms with Gasteiger partial charge in [0, 0.05) is 39.2 Å². The first-order chi connectivity index (χ1) is 9.04. The minimum absolute atomic E-state index is 0.0369. The van der Waals surface area contributed by atoms with E-state index in [-0.39, 0.29) is 17.9 Å². The summed E-state index contributed by atoms with van der Waals surface area (Å²) >= 11 is 0. The molecule has 19 heavy (non-hydrogen) atoms. The zero-order valence-electron chi connectivity index (χ0n) is 12.1. The maximum absolute atomic E-state index is 12.0. The van der Waals surface area contributed by atoms with Gasteiger partial charge < -0.3 is 20.3 Å². The Morgan fingerprint density at radius 2 is 2.26 bits per heavy atom. The summed E-state index contributed by atoms with van der Waals surface area (Å²) < 4.78 is 4.85. The molecule has 0 saturated carbocycles. The number of amides is 2. The smallest absolute Gasteiger partial charge is 0.239 e.